The number of carbonyl (C=O) groups excluding carboxylic acids is 2. The Morgan fingerprint density at radius 1 is 1.16 bits per heavy atom. The van der Waals surface area contributed by atoms with E-state index in [9.17, 15) is 9.59 Å². The number of rotatable bonds is 1. The summed E-state index contributed by atoms with van der Waals surface area (Å²) in [6.45, 7) is 4.47. The van der Waals surface area contributed by atoms with E-state index in [0.29, 0.717) is 0 Å². The summed E-state index contributed by atoms with van der Waals surface area (Å²) in [6, 6.07) is 6.20. The molecule has 1 aromatic carbocycles. The quantitative estimate of drug-likeness (QED) is 0.726. The van der Waals surface area contributed by atoms with Gasteiger partial charge in [-0.2, -0.15) is 0 Å². The summed E-state index contributed by atoms with van der Waals surface area (Å²) in [5, 5.41) is 3.16. The zero-order valence-corrected chi connectivity index (χ0v) is 16.5. The highest BCUT2D eigenvalue weighted by Crippen LogP contribution is 2.68. The van der Waals surface area contributed by atoms with Crippen LogP contribution in [0.5, 0.6) is 0 Å². The van der Waals surface area contributed by atoms with Gasteiger partial charge < -0.3 is 10.1 Å². The number of hydrogen-bond acceptors (Lipinski definition) is 3. The number of ketones is 1. The van der Waals surface area contributed by atoms with E-state index in [-0.39, 0.29) is 35.0 Å². The Morgan fingerprint density at radius 2 is 1.84 bits per heavy atom. The van der Waals surface area contributed by atoms with Crippen LogP contribution in [0.15, 0.2) is 22.7 Å². The first-order valence-electron chi connectivity index (χ1n) is 8.96. The second-order valence-electron chi connectivity index (χ2n) is 8.23. The highest BCUT2D eigenvalue weighted by atomic mass is 79.9. The van der Waals surface area contributed by atoms with Crippen molar-refractivity contribution in [3.05, 3.63) is 33.8 Å². The predicted molar refractivity (Wildman–Crippen MR) is 98.3 cm³/mol. The average Bonchev–Trinajstić information content (AvgIpc) is 2.95. The zero-order chi connectivity index (χ0) is 18.0. The standard InChI is InChI=1S/C20H24BrNO3/c1-18(2)14-5-4-12(21)10-15(14)20(16(23)11-17(24)22-20)19(18)8-6-13(25-3)7-9-19/h4-5,10,13H,6-9,11H2,1-3H3,(H,22,24). The molecular formula is C20H24BrNO3. The van der Waals surface area contributed by atoms with Crippen molar-refractivity contribution in [1.82, 2.24) is 5.32 Å². The van der Waals surface area contributed by atoms with Crippen LogP contribution in [0.4, 0.5) is 0 Å². The molecule has 4 nitrogen and oxygen atoms in total. The third-order valence-electron chi connectivity index (χ3n) is 7.16. The number of hydrogen-bond donors (Lipinski definition) is 1. The van der Waals surface area contributed by atoms with Gasteiger partial charge in [0.05, 0.1) is 12.5 Å². The molecule has 1 saturated carbocycles. The van der Waals surface area contributed by atoms with Gasteiger partial charge in [0.15, 0.2) is 5.78 Å². The van der Waals surface area contributed by atoms with Crippen LogP contribution in [0.25, 0.3) is 0 Å². The van der Waals surface area contributed by atoms with Crippen LogP contribution in [-0.4, -0.2) is 24.9 Å². The molecule has 3 aliphatic rings. The van der Waals surface area contributed by atoms with Gasteiger partial charge in [0.1, 0.15) is 5.54 Å². The number of halogens is 1. The van der Waals surface area contributed by atoms with E-state index in [4.69, 9.17) is 4.74 Å². The molecule has 25 heavy (non-hydrogen) atoms. The molecule has 0 radical (unpaired) electrons. The SMILES string of the molecule is COC1CCC2(CC1)C(C)(C)c1ccc(Br)cc1C21NC(=O)CC1=O. The minimum atomic E-state index is -0.897. The van der Waals surface area contributed by atoms with Crippen molar-refractivity contribution in [2.75, 3.05) is 7.11 Å². The number of fused-ring (bicyclic) bond motifs is 3. The lowest BCUT2D eigenvalue weighted by atomic mass is 9.52. The largest absolute Gasteiger partial charge is 0.381 e. The molecular weight excluding hydrogens is 382 g/mol. The van der Waals surface area contributed by atoms with Crippen LogP contribution >= 0.6 is 15.9 Å². The van der Waals surface area contributed by atoms with E-state index in [1.165, 1.54) is 5.56 Å². The number of benzene rings is 1. The monoisotopic (exact) mass is 405 g/mol. The molecule has 1 amide bonds. The van der Waals surface area contributed by atoms with E-state index < -0.39 is 5.54 Å². The van der Waals surface area contributed by atoms with Crippen LogP contribution in [-0.2, 0) is 25.3 Å². The predicted octanol–water partition coefficient (Wildman–Crippen LogP) is 3.60. The minimum Gasteiger partial charge on any atom is -0.381 e. The maximum absolute atomic E-state index is 13.3. The number of amides is 1. The molecule has 2 fully saturated rings. The second kappa shape index (κ2) is 5.40. The molecule has 0 aromatic heterocycles. The third-order valence-corrected chi connectivity index (χ3v) is 7.65. The molecule has 0 bridgehead atoms. The lowest BCUT2D eigenvalue weighted by molar-refractivity contribution is -0.134. The number of carbonyl (C=O) groups is 2. The van der Waals surface area contributed by atoms with Gasteiger partial charge in [0.2, 0.25) is 5.91 Å². The Balaban J connectivity index is 1.97. The first-order valence-corrected chi connectivity index (χ1v) is 9.75. The van der Waals surface area contributed by atoms with Crippen molar-refractivity contribution in [2.24, 2.45) is 5.41 Å². The maximum atomic E-state index is 13.3. The molecule has 1 N–H and O–H groups in total. The topological polar surface area (TPSA) is 55.4 Å². The van der Waals surface area contributed by atoms with Gasteiger partial charge in [-0.25, -0.2) is 0 Å². The van der Waals surface area contributed by atoms with E-state index in [2.05, 4.69) is 41.2 Å². The fourth-order valence-corrected chi connectivity index (χ4v) is 6.24. The molecule has 1 saturated heterocycles. The van der Waals surface area contributed by atoms with Crippen molar-refractivity contribution < 1.29 is 14.3 Å². The molecule has 1 aromatic rings. The van der Waals surface area contributed by atoms with Gasteiger partial charge in [-0.3, -0.25) is 9.59 Å². The van der Waals surface area contributed by atoms with Crippen molar-refractivity contribution >= 4 is 27.6 Å². The Labute approximate surface area is 156 Å². The van der Waals surface area contributed by atoms with Crippen LogP contribution < -0.4 is 5.32 Å². The molecule has 1 atom stereocenters. The molecule has 1 heterocycles. The van der Waals surface area contributed by atoms with Crippen molar-refractivity contribution in [3.63, 3.8) is 0 Å². The summed E-state index contributed by atoms with van der Waals surface area (Å²) in [7, 11) is 1.76. The average molecular weight is 406 g/mol. The van der Waals surface area contributed by atoms with Crippen molar-refractivity contribution in [1.29, 1.82) is 0 Å². The first kappa shape index (κ1) is 17.2. The van der Waals surface area contributed by atoms with Gasteiger partial charge >= 0.3 is 0 Å². The van der Waals surface area contributed by atoms with E-state index >= 15 is 0 Å². The summed E-state index contributed by atoms with van der Waals surface area (Å²) in [6.07, 6.45) is 3.80. The second-order valence-corrected chi connectivity index (χ2v) is 9.15. The Morgan fingerprint density at radius 3 is 2.40 bits per heavy atom. The smallest absolute Gasteiger partial charge is 0.228 e. The minimum absolute atomic E-state index is 0.0164. The van der Waals surface area contributed by atoms with Crippen LogP contribution in [0.2, 0.25) is 0 Å². The molecule has 4 rings (SSSR count). The zero-order valence-electron chi connectivity index (χ0n) is 14.9. The fourth-order valence-electron chi connectivity index (χ4n) is 5.88. The van der Waals surface area contributed by atoms with Crippen LogP contribution in [0.1, 0.15) is 57.1 Å². The summed E-state index contributed by atoms with van der Waals surface area (Å²) in [5.41, 5.74) is 0.766. The number of nitrogens with one attached hydrogen (secondary N) is 1. The number of methoxy groups -OCH3 is 1. The fraction of sp³-hybridized carbons (Fsp3) is 0.600. The van der Waals surface area contributed by atoms with Crippen molar-refractivity contribution in [2.45, 2.75) is 63.0 Å². The first-order chi connectivity index (χ1) is 11.8. The lowest BCUT2D eigenvalue weighted by Crippen LogP contribution is -2.60. The molecule has 1 aliphatic heterocycles. The molecule has 5 heteroatoms. The lowest BCUT2D eigenvalue weighted by Gasteiger charge is -2.53. The summed E-state index contributed by atoms with van der Waals surface area (Å²) >= 11 is 3.56. The highest BCUT2D eigenvalue weighted by molar-refractivity contribution is 9.10. The number of Topliss-reactive ketones (excluding diaryl/α,β-unsaturated/α-hetero) is 1. The highest BCUT2D eigenvalue weighted by Gasteiger charge is 2.71. The van der Waals surface area contributed by atoms with Crippen LogP contribution in [0.3, 0.4) is 0 Å². The van der Waals surface area contributed by atoms with Gasteiger partial charge in [0.25, 0.3) is 0 Å². The van der Waals surface area contributed by atoms with Gasteiger partial charge in [0, 0.05) is 17.0 Å². The summed E-state index contributed by atoms with van der Waals surface area (Å²) in [4.78, 5) is 25.6. The molecule has 2 aliphatic carbocycles. The molecule has 2 spiro atoms. The Hall–Kier alpha value is -1.20. The third kappa shape index (κ3) is 1.97. The van der Waals surface area contributed by atoms with E-state index in [1.807, 2.05) is 12.1 Å². The van der Waals surface area contributed by atoms with E-state index in [0.717, 1.165) is 35.7 Å². The van der Waals surface area contributed by atoms with Gasteiger partial charge in [-0.1, -0.05) is 35.8 Å². The molecule has 1 unspecified atom stereocenters. The van der Waals surface area contributed by atoms with Crippen LogP contribution in [0, 0.1) is 5.41 Å². The summed E-state index contributed by atoms with van der Waals surface area (Å²) < 4.78 is 6.52. The summed E-state index contributed by atoms with van der Waals surface area (Å²) in [5.74, 6) is -0.125. The van der Waals surface area contributed by atoms with Crippen molar-refractivity contribution in [3.8, 4) is 0 Å². The Bertz CT molecular complexity index is 764. The Kier molecular flexibility index (Phi) is 3.72. The van der Waals surface area contributed by atoms with Gasteiger partial charge in [-0.15, -0.1) is 0 Å². The number of ether oxygens (including phenoxy) is 1. The van der Waals surface area contributed by atoms with E-state index in [1.54, 1.807) is 7.11 Å². The maximum Gasteiger partial charge on any atom is 0.228 e. The van der Waals surface area contributed by atoms with Gasteiger partial charge in [-0.05, 0) is 54.4 Å². The normalized spacial score (nSPS) is 36.1. The molecule has 134 valence electrons.